The molecule has 1 heteroatoms. The molecule has 0 aliphatic carbocycles. The maximum absolute atomic E-state index is 3.13. The van der Waals surface area contributed by atoms with Crippen LogP contribution in [0.3, 0.4) is 0 Å². The van der Waals surface area contributed by atoms with E-state index in [0.29, 0.717) is 15.0 Å². The first-order valence-electron chi connectivity index (χ1n) is 3.46. The molecular weight excluding hydrogens is 199 g/mol. The van der Waals surface area contributed by atoms with Crippen LogP contribution in [0.5, 0.6) is 0 Å². The Balaban J connectivity index is 2.59. The Hall–Kier alpha value is -0.701. The molecule has 0 heterocycles. The van der Waals surface area contributed by atoms with Gasteiger partial charge in [-0.1, -0.05) is 0 Å². The minimum absolute atomic E-state index is 0.682. The van der Waals surface area contributed by atoms with Gasteiger partial charge in [0.2, 0.25) is 0 Å². The third-order valence-electron chi connectivity index (χ3n) is 1.22. The van der Waals surface area contributed by atoms with Crippen molar-refractivity contribution < 1.29 is 0 Å². The molecule has 0 N–H and O–H groups in total. The molecule has 0 aliphatic heterocycles. The fraction of sp³-hybridized carbons (Fsp3) is 0.200. The van der Waals surface area contributed by atoms with Crippen LogP contribution >= 0.6 is 0 Å². The summed E-state index contributed by atoms with van der Waals surface area (Å²) < 4.78 is 0. The van der Waals surface area contributed by atoms with Crippen molar-refractivity contribution in [3.05, 3.63) is 35.9 Å². The van der Waals surface area contributed by atoms with Gasteiger partial charge in [0.05, 0.1) is 0 Å². The second kappa shape index (κ2) is 5.02. The van der Waals surface area contributed by atoms with Crippen LogP contribution in [-0.2, 0) is 0 Å². The zero-order valence-electron chi connectivity index (χ0n) is 6.50. The Morgan fingerprint density at radius 1 is 1.27 bits per heavy atom. The first-order valence-corrected chi connectivity index (χ1v) is 6.39. The van der Waals surface area contributed by atoms with Crippen molar-refractivity contribution in [3.63, 3.8) is 0 Å². The summed E-state index contributed by atoms with van der Waals surface area (Å²) in [5.74, 6) is 8.44. The average Bonchev–Trinajstić information content (AvgIpc) is 2.07. The maximum atomic E-state index is 3.13. The van der Waals surface area contributed by atoms with Crippen LogP contribution in [0.25, 0.3) is 0 Å². The quantitative estimate of drug-likeness (QED) is 0.491. The zero-order valence-corrected chi connectivity index (χ0v) is 8.22. The van der Waals surface area contributed by atoms with E-state index in [9.17, 15) is 0 Å². The monoisotopic (exact) mass is 210 g/mol. The fourth-order valence-corrected chi connectivity index (χ4v) is 1.19. The van der Waals surface area contributed by atoms with E-state index < -0.39 is 0 Å². The standard InChI is InChI=1S/C10H10Se/c1-11-9-5-8-10-6-3-2-4-7-10/h2-4,6-7H,9H2,1H3. The van der Waals surface area contributed by atoms with Crippen molar-refractivity contribution in [1.82, 2.24) is 0 Å². The summed E-state index contributed by atoms with van der Waals surface area (Å²) in [5.41, 5.74) is 1.12. The van der Waals surface area contributed by atoms with E-state index in [1.165, 1.54) is 0 Å². The van der Waals surface area contributed by atoms with Crippen molar-refractivity contribution >= 4 is 15.0 Å². The zero-order chi connectivity index (χ0) is 7.94. The molecule has 0 nitrogen and oxygen atoms in total. The van der Waals surface area contributed by atoms with Gasteiger partial charge < -0.3 is 0 Å². The van der Waals surface area contributed by atoms with Gasteiger partial charge in [-0.2, -0.15) is 0 Å². The molecule has 0 amide bonds. The van der Waals surface area contributed by atoms with E-state index in [4.69, 9.17) is 0 Å². The minimum atomic E-state index is 0.682. The number of benzene rings is 1. The summed E-state index contributed by atoms with van der Waals surface area (Å²) in [7, 11) is 0. The molecule has 0 atom stereocenters. The van der Waals surface area contributed by atoms with Crippen molar-refractivity contribution in [2.45, 2.75) is 11.1 Å². The van der Waals surface area contributed by atoms with E-state index in [1.54, 1.807) is 0 Å². The Labute approximate surface area is 74.2 Å². The number of rotatable bonds is 1. The fourth-order valence-electron chi connectivity index (χ4n) is 0.732. The predicted molar refractivity (Wildman–Crippen MR) is 49.7 cm³/mol. The van der Waals surface area contributed by atoms with Gasteiger partial charge in [-0.05, 0) is 0 Å². The van der Waals surface area contributed by atoms with Crippen molar-refractivity contribution in [2.75, 3.05) is 0 Å². The van der Waals surface area contributed by atoms with Crippen LogP contribution in [0.2, 0.25) is 11.1 Å². The topological polar surface area (TPSA) is 0 Å². The first kappa shape index (κ1) is 8.40. The Kier molecular flexibility index (Phi) is 3.83. The summed E-state index contributed by atoms with van der Waals surface area (Å²) in [4.78, 5) is 0. The van der Waals surface area contributed by atoms with Gasteiger partial charge >= 0.3 is 73.8 Å². The molecule has 56 valence electrons. The number of hydrogen-bond donors (Lipinski definition) is 0. The summed E-state index contributed by atoms with van der Waals surface area (Å²) in [6.07, 6.45) is 0. The Morgan fingerprint density at radius 3 is 2.64 bits per heavy atom. The van der Waals surface area contributed by atoms with E-state index >= 15 is 0 Å². The molecule has 0 bridgehead atoms. The van der Waals surface area contributed by atoms with Gasteiger partial charge in [0.15, 0.2) is 0 Å². The van der Waals surface area contributed by atoms with Crippen LogP contribution in [-0.4, -0.2) is 15.0 Å². The van der Waals surface area contributed by atoms with E-state index in [-0.39, 0.29) is 0 Å². The van der Waals surface area contributed by atoms with Gasteiger partial charge in [0, 0.05) is 0 Å². The third-order valence-corrected chi connectivity index (χ3v) is 2.13. The summed E-state index contributed by atoms with van der Waals surface area (Å²) >= 11 is 0.682. The first-order chi connectivity index (χ1) is 5.43. The van der Waals surface area contributed by atoms with E-state index in [0.717, 1.165) is 10.9 Å². The molecule has 1 rings (SSSR count). The van der Waals surface area contributed by atoms with Gasteiger partial charge in [-0.15, -0.1) is 0 Å². The summed E-state index contributed by atoms with van der Waals surface area (Å²) in [6, 6.07) is 10.1. The SMILES string of the molecule is C[Se]CC#Cc1ccccc1. The van der Waals surface area contributed by atoms with E-state index in [2.05, 4.69) is 17.7 Å². The Bertz CT molecular complexity index is 253. The molecule has 0 unspecified atom stereocenters. The molecule has 0 radical (unpaired) electrons. The second-order valence-electron chi connectivity index (χ2n) is 2.10. The van der Waals surface area contributed by atoms with Crippen LogP contribution < -0.4 is 0 Å². The van der Waals surface area contributed by atoms with Gasteiger partial charge in [-0.3, -0.25) is 0 Å². The van der Waals surface area contributed by atoms with E-state index in [1.807, 2.05) is 30.3 Å². The molecule has 11 heavy (non-hydrogen) atoms. The molecule has 1 aromatic carbocycles. The van der Waals surface area contributed by atoms with Crippen LogP contribution in [0, 0.1) is 11.8 Å². The van der Waals surface area contributed by atoms with Gasteiger partial charge in [0.25, 0.3) is 0 Å². The van der Waals surface area contributed by atoms with Crippen molar-refractivity contribution in [2.24, 2.45) is 0 Å². The molecule has 0 saturated carbocycles. The molecule has 1 aromatic rings. The Morgan fingerprint density at radius 2 is 2.00 bits per heavy atom. The van der Waals surface area contributed by atoms with Crippen LogP contribution in [0.4, 0.5) is 0 Å². The molecule has 0 saturated heterocycles. The molecule has 0 spiro atoms. The van der Waals surface area contributed by atoms with Gasteiger partial charge in [-0.25, -0.2) is 0 Å². The molecule has 0 aromatic heterocycles. The third kappa shape index (κ3) is 3.28. The number of hydrogen-bond acceptors (Lipinski definition) is 0. The average molecular weight is 209 g/mol. The van der Waals surface area contributed by atoms with Crippen LogP contribution in [0.1, 0.15) is 5.56 Å². The second-order valence-corrected chi connectivity index (χ2v) is 3.92. The van der Waals surface area contributed by atoms with Gasteiger partial charge in [0.1, 0.15) is 0 Å². The normalized spacial score (nSPS) is 8.45. The molecule has 0 aliphatic rings. The molecular formula is C10H10Se. The summed E-state index contributed by atoms with van der Waals surface area (Å²) in [5, 5.41) is 1.06. The van der Waals surface area contributed by atoms with Crippen LogP contribution in [0.15, 0.2) is 30.3 Å². The summed E-state index contributed by atoms with van der Waals surface area (Å²) in [6.45, 7) is 0. The van der Waals surface area contributed by atoms with Crippen molar-refractivity contribution in [3.8, 4) is 11.8 Å². The molecule has 0 fully saturated rings. The van der Waals surface area contributed by atoms with Crippen molar-refractivity contribution in [1.29, 1.82) is 0 Å². The predicted octanol–water partition coefficient (Wildman–Crippen LogP) is 2.21.